The van der Waals surface area contributed by atoms with Crippen LogP contribution in [0.5, 0.6) is 5.75 Å². The zero-order valence-corrected chi connectivity index (χ0v) is 18.9. The molecule has 31 heavy (non-hydrogen) atoms. The van der Waals surface area contributed by atoms with E-state index in [-0.39, 0.29) is 35.5 Å². The van der Waals surface area contributed by atoms with Crippen LogP contribution in [0.3, 0.4) is 0 Å². The molecule has 1 fully saturated rings. The number of hydrogen-bond acceptors (Lipinski definition) is 6. The maximum atomic E-state index is 12.5. The summed E-state index contributed by atoms with van der Waals surface area (Å²) in [5.74, 6) is 0.471. The second-order valence-corrected chi connectivity index (χ2v) is 11.4. The minimum absolute atomic E-state index is 0.0134. The van der Waals surface area contributed by atoms with Crippen LogP contribution >= 0.6 is 0 Å². The number of carbonyl (C=O) groups is 1. The Morgan fingerprint density at radius 3 is 2.26 bits per heavy atom. The van der Waals surface area contributed by atoms with Crippen molar-refractivity contribution in [3.05, 3.63) is 54.1 Å². The van der Waals surface area contributed by atoms with Crippen LogP contribution < -0.4 is 14.4 Å². The van der Waals surface area contributed by atoms with E-state index in [0.29, 0.717) is 18.7 Å². The quantitative estimate of drug-likeness (QED) is 0.574. The van der Waals surface area contributed by atoms with Crippen molar-refractivity contribution in [2.24, 2.45) is 0 Å². The molecule has 1 amide bonds. The number of hydrogen-bond donors (Lipinski definition) is 1. The van der Waals surface area contributed by atoms with Crippen LogP contribution in [-0.2, 0) is 31.2 Å². The highest BCUT2D eigenvalue weighted by atomic mass is 32.2. The predicted molar refractivity (Wildman–Crippen MR) is 118 cm³/mol. The molecule has 1 saturated heterocycles. The fraction of sp³-hybridized carbons (Fsp3) is 0.381. The molecule has 1 aliphatic heterocycles. The molecule has 0 unspecified atom stereocenters. The van der Waals surface area contributed by atoms with Crippen molar-refractivity contribution in [3.63, 3.8) is 0 Å². The summed E-state index contributed by atoms with van der Waals surface area (Å²) in [6.07, 6.45) is 1.41. The number of nitrogens with one attached hydrogen (secondary N) is 1. The predicted octanol–water partition coefficient (Wildman–Crippen LogP) is 2.11. The van der Waals surface area contributed by atoms with Gasteiger partial charge in [-0.05, 0) is 48.4 Å². The van der Waals surface area contributed by atoms with Gasteiger partial charge in [0.25, 0.3) is 0 Å². The zero-order chi connectivity index (χ0) is 22.5. The number of nitrogens with zero attached hydrogens (tertiary/aromatic N) is 1. The van der Waals surface area contributed by atoms with E-state index in [1.807, 2.05) is 12.1 Å². The first kappa shape index (κ1) is 23.2. The summed E-state index contributed by atoms with van der Waals surface area (Å²) in [6.45, 7) is 2.41. The van der Waals surface area contributed by atoms with E-state index in [1.165, 1.54) is 24.3 Å². The average molecular weight is 467 g/mol. The Kier molecular flexibility index (Phi) is 7.34. The maximum absolute atomic E-state index is 12.5. The first-order chi connectivity index (χ1) is 14.7. The summed E-state index contributed by atoms with van der Waals surface area (Å²) in [4.78, 5) is 13.6. The van der Waals surface area contributed by atoms with Gasteiger partial charge in [0.05, 0.1) is 10.6 Å². The Morgan fingerprint density at radius 1 is 1.00 bits per heavy atom. The van der Waals surface area contributed by atoms with Crippen molar-refractivity contribution >= 4 is 31.5 Å². The lowest BCUT2D eigenvalue weighted by Gasteiger charge is -2.16. The highest BCUT2D eigenvalue weighted by Gasteiger charge is 2.21. The molecule has 2 aromatic carbocycles. The van der Waals surface area contributed by atoms with E-state index in [1.54, 1.807) is 24.0 Å². The topological polar surface area (TPSA) is 110 Å². The van der Waals surface area contributed by atoms with Gasteiger partial charge in [0.1, 0.15) is 12.4 Å². The van der Waals surface area contributed by atoms with Gasteiger partial charge < -0.3 is 9.64 Å². The van der Waals surface area contributed by atoms with Gasteiger partial charge in [0.2, 0.25) is 15.9 Å². The minimum atomic E-state index is -3.72. The molecule has 1 aliphatic rings. The largest absolute Gasteiger partial charge is 0.493 e. The zero-order valence-electron chi connectivity index (χ0n) is 17.3. The lowest BCUT2D eigenvalue weighted by atomic mass is 10.2. The van der Waals surface area contributed by atoms with Gasteiger partial charge in [-0.2, -0.15) is 0 Å². The van der Waals surface area contributed by atoms with Gasteiger partial charge in [0.15, 0.2) is 9.84 Å². The fourth-order valence-electron chi connectivity index (χ4n) is 3.12. The summed E-state index contributed by atoms with van der Waals surface area (Å²) >= 11 is 0. The molecule has 0 saturated carbocycles. The number of sulfonamides is 1. The summed E-state index contributed by atoms with van der Waals surface area (Å²) in [5.41, 5.74) is 1.59. The molecular weight excluding hydrogens is 440 g/mol. The van der Waals surface area contributed by atoms with E-state index in [2.05, 4.69) is 4.72 Å². The van der Waals surface area contributed by atoms with Crippen molar-refractivity contribution in [2.45, 2.75) is 31.2 Å². The maximum Gasteiger partial charge on any atom is 0.240 e. The Bertz CT molecular complexity index is 1110. The van der Waals surface area contributed by atoms with Gasteiger partial charge in [-0.15, -0.1) is 0 Å². The molecule has 0 atom stereocenters. The van der Waals surface area contributed by atoms with Crippen molar-refractivity contribution in [1.82, 2.24) is 4.72 Å². The molecule has 2 aromatic rings. The first-order valence-corrected chi connectivity index (χ1v) is 13.3. The third-order valence-corrected chi connectivity index (χ3v) is 8.11. The summed E-state index contributed by atoms with van der Waals surface area (Å²) in [5, 5.41) is 0. The third-order valence-electron chi connectivity index (χ3n) is 5.02. The second-order valence-electron chi connectivity index (χ2n) is 7.20. The van der Waals surface area contributed by atoms with Crippen LogP contribution in [0.15, 0.2) is 53.4 Å². The third kappa shape index (κ3) is 6.28. The average Bonchev–Trinajstić information content (AvgIpc) is 3.19. The molecule has 1 heterocycles. The standard InChI is InChI=1S/C21H26N2O6S2/c1-2-30(25,26)15-14-29-19-9-11-20(12-10-19)31(27,28)22-16-17-5-7-18(8-6-17)23-13-3-4-21(23)24/h5-12,22H,2-4,13-16H2,1H3. The lowest BCUT2D eigenvalue weighted by Crippen LogP contribution is -2.24. The molecule has 10 heteroatoms. The summed E-state index contributed by atoms with van der Waals surface area (Å²) < 4.78 is 56.0. The van der Waals surface area contributed by atoms with E-state index in [4.69, 9.17) is 4.74 Å². The molecule has 0 aliphatic carbocycles. The van der Waals surface area contributed by atoms with Crippen LogP contribution in [0.25, 0.3) is 0 Å². The monoisotopic (exact) mass is 466 g/mol. The molecule has 0 aromatic heterocycles. The number of sulfone groups is 1. The van der Waals surface area contributed by atoms with E-state index in [0.717, 1.165) is 17.7 Å². The molecule has 168 valence electrons. The van der Waals surface area contributed by atoms with Crippen molar-refractivity contribution in [2.75, 3.05) is 29.6 Å². The van der Waals surface area contributed by atoms with Crippen LogP contribution in [0.1, 0.15) is 25.3 Å². The normalized spacial score (nSPS) is 14.7. The SMILES string of the molecule is CCS(=O)(=O)CCOc1ccc(S(=O)(=O)NCc2ccc(N3CCCC3=O)cc2)cc1. The fourth-order valence-corrected chi connectivity index (χ4v) is 4.77. The smallest absolute Gasteiger partial charge is 0.240 e. The number of rotatable bonds is 10. The van der Waals surface area contributed by atoms with Gasteiger partial charge >= 0.3 is 0 Å². The van der Waals surface area contributed by atoms with Crippen molar-refractivity contribution < 1.29 is 26.4 Å². The molecular formula is C21H26N2O6S2. The summed E-state index contributed by atoms with van der Waals surface area (Å²) in [6, 6.07) is 13.0. The van der Waals surface area contributed by atoms with Gasteiger partial charge in [-0.3, -0.25) is 4.79 Å². The summed E-state index contributed by atoms with van der Waals surface area (Å²) in [7, 11) is -6.84. The Balaban J connectivity index is 1.55. The number of benzene rings is 2. The number of amides is 1. The lowest BCUT2D eigenvalue weighted by molar-refractivity contribution is -0.117. The highest BCUT2D eigenvalue weighted by molar-refractivity contribution is 7.91. The molecule has 8 nitrogen and oxygen atoms in total. The van der Waals surface area contributed by atoms with E-state index in [9.17, 15) is 21.6 Å². The first-order valence-electron chi connectivity index (χ1n) is 10.0. The Hall–Kier alpha value is -2.43. The van der Waals surface area contributed by atoms with E-state index >= 15 is 0 Å². The van der Waals surface area contributed by atoms with Crippen LogP contribution in [0.2, 0.25) is 0 Å². The van der Waals surface area contributed by atoms with Crippen LogP contribution in [-0.4, -0.2) is 47.4 Å². The molecule has 1 N–H and O–H groups in total. The van der Waals surface area contributed by atoms with Gasteiger partial charge in [-0.25, -0.2) is 21.6 Å². The van der Waals surface area contributed by atoms with Crippen LogP contribution in [0, 0.1) is 0 Å². The van der Waals surface area contributed by atoms with Crippen molar-refractivity contribution in [3.8, 4) is 5.75 Å². The number of carbonyl (C=O) groups excluding carboxylic acids is 1. The minimum Gasteiger partial charge on any atom is -0.493 e. The number of anilines is 1. The Labute approximate surface area is 183 Å². The molecule has 3 rings (SSSR count). The molecule has 0 radical (unpaired) electrons. The van der Waals surface area contributed by atoms with E-state index < -0.39 is 19.9 Å². The second kappa shape index (κ2) is 9.80. The number of ether oxygens (including phenoxy) is 1. The van der Waals surface area contributed by atoms with Gasteiger partial charge in [-0.1, -0.05) is 19.1 Å². The molecule has 0 bridgehead atoms. The Morgan fingerprint density at radius 2 is 1.68 bits per heavy atom. The van der Waals surface area contributed by atoms with Gasteiger partial charge in [0, 0.05) is 31.0 Å². The van der Waals surface area contributed by atoms with Crippen LogP contribution in [0.4, 0.5) is 5.69 Å². The highest BCUT2D eigenvalue weighted by Crippen LogP contribution is 2.22. The molecule has 0 spiro atoms. The van der Waals surface area contributed by atoms with Crippen molar-refractivity contribution in [1.29, 1.82) is 0 Å².